The monoisotopic (exact) mass is 328 g/mol. The Balaban J connectivity index is 2.46. The number of carbonyl (C=O) groups is 2. The minimum Gasteiger partial charge on any atom is -0.496 e. The molecule has 126 valence electrons. The van der Waals surface area contributed by atoms with Crippen molar-refractivity contribution in [3.05, 3.63) is 48.2 Å². The van der Waals surface area contributed by atoms with E-state index in [0.29, 0.717) is 22.6 Å². The molecule has 6 nitrogen and oxygen atoms in total. The van der Waals surface area contributed by atoms with Gasteiger partial charge in [-0.05, 0) is 44.2 Å². The zero-order valence-electron chi connectivity index (χ0n) is 14.1. The van der Waals surface area contributed by atoms with Crippen LogP contribution in [0.3, 0.4) is 0 Å². The van der Waals surface area contributed by atoms with Crippen LogP contribution in [0.15, 0.2) is 42.6 Å². The zero-order valence-corrected chi connectivity index (χ0v) is 14.1. The molecule has 0 atom stereocenters. The van der Waals surface area contributed by atoms with Gasteiger partial charge in [0, 0.05) is 24.4 Å². The van der Waals surface area contributed by atoms with Crippen LogP contribution in [0.5, 0.6) is 5.75 Å². The highest BCUT2D eigenvalue weighted by molar-refractivity contribution is 5.98. The summed E-state index contributed by atoms with van der Waals surface area (Å²) in [5.74, 6) is -0.871. The Kier molecular flexibility index (Phi) is 4.87. The fourth-order valence-corrected chi connectivity index (χ4v) is 2.15. The summed E-state index contributed by atoms with van der Waals surface area (Å²) in [5.41, 5.74) is 0.394. The molecule has 2 aromatic rings. The van der Waals surface area contributed by atoms with Gasteiger partial charge in [-0.2, -0.15) is 0 Å². The number of aromatic nitrogens is 1. The summed E-state index contributed by atoms with van der Waals surface area (Å²) in [5, 5.41) is 9.30. The maximum Gasteiger partial charge on any atom is 0.329 e. The van der Waals surface area contributed by atoms with Crippen LogP contribution in [0.25, 0.3) is 11.3 Å². The second-order valence-corrected chi connectivity index (χ2v) is 5.86. The van der Waals surface area contributed by atoms with Crippen LogP contribution in [0.2, 0.25) is 0 Å². The second kappa shape index (κ2) is 6.70. The van der Waals surface area contributed by atoms with E-state index in [4.69, 9.17) is 4.74 Å². The third-order valence-corrected chi connectivity index (χ3v) is 4.05. The average Bonchev–Trinajstić information content (AvgIpc) is 2.60. The molecule has 0 spiro atoms. The summed E-state index contributed by atoms with van der Waals surface area (Å²) in [6.07, 6.45) is 1.66. The highest BCUT2D eigenvalue weighted by atomic mass is 16.5. The van der Waals surface area contributed by atoms with Crippen LogP contribution in [-0.4, -0.2) is 46.6 Å². The van der Waals surface area contributed by atoms with Crippen LogP contribution < -0.4 is 4.74 Å². The predicted octanol–water partition coefficient (Wildman–Crippen LogP) is 2.69. The van der Waals surface area contributed by atoms with Crippen molar-refractivity contribution in [3.8, 4) is 17.0 Å². The summed E-state index contributed by atoms with van der Waals surface area (Å²) in [6, 6.07) is 10.4. The number of hydrogen-bond acceptors (Lipinski definition) is 4. The molecule has 1 aromatic heterocycles. The Morgan fingerprint density at radius 3 is 2.46 bits per heavy atom. The normalized spacial score (nSPS) is 11.0. The van der Waals surface area contributed by atoms with E-state index in [2.05, 4.69) is 4.98 Å². The molecule has 0 bridgehead atoms. The van der Waals surface area contributed by atoms with Gasteiger partial charge in [-0.15, -0.1) is 0 Å². The van der Waals surface area contributed by atoms with E-state index >= 15 is 0 Å². The van der Waals surface area contributed by atoms with Crippen molar-refractivity contribution in [2.24, 2.45) is 0 Å². The maximum atomic E-state index is 12.7. The molecule has 0 saturated heterocycles. The molecule has 1 amide bonds. The minimum atomic E-state index is -1.32. The second-order valence-electron chi connectivity index (χ2n) is 5.86. The van der Waals surface area contributed by atoms with Crippen LogP contribution in [-0.2, 0) is 4.79 Å². The van der Waals surface area contributed by atoms with E-state index in [1.54, 1.807) is 37.6 Å². The van der Waals surface area contributed by atoms with E-state index in [1.165, 1.54) is 25.8 Å². The van der Waals surface area contributed by atoms with E-state index in [0.717, 1.165) is 0 Å². The molecular formula is C18H20N2O4. The Morgan fingerprint density at radius 1 is 1.21 bits per heavy atom. The largest absolute Gasteiger partial charge is 0.496 e. The number of pyridine rings is 1. The lowest BCUT2D eigenvalue weighted by Crippen LogP contribution is -2.50. The summed E-state index contributed by atoms with van der Waals surface area (Å²) < 4.78 is 5.34. The third-order valence-electron chi connectivity index (χ3n) is 4.05. The molecule has 0 aliphatic heterocycles. The number of ether oxygens (including phenoxy) is 1. The van der Waals surface area contributed by atoms with Gasteiger partial charge < -0.3 is 14.7 Å². The van der Waals surface area contributed by atoms with Crippen molar-refractivity contribution in [3.63, 3.8) is 0 Å². The quantitative estimate of drug-likeness (QED) is 0.913. The van der Waals surface area contributed by atoms with Gasteiger partial charge in [-0.3, -0.25) is 9.78 Å². The number of carboxylic acid groups (broad SMARTS) is 1. The first-order valence-electron chi connectivity index (χ1n) is 7.40. The number of carbonyl (C=O) groups excluding carboxylic acids is 1. The minimum absolute atomic E-state index is 0.369. The number of likely N-dealkylation sites (N-methyl/N-ethyl adjacent to an activating group) is 1. The molecular weight excluding hydrogens is 308 g/mol. The summed E-state index contributed by atoms with van der Waals surface area (Å²) in [7, 11) is 3.02. The summed E-state index contributed by atoms with van der Waals surface area (Å²) >= 11 is 0. The Hall–Kier alpha value is -2.89. The molecule has 1 heterocycles. The van der Waals surface area contributed by atoms with E-state index in [9.17, 15) is 14.7 Å². The number of aliphatic carboxylic acids is 1. The van der Waals surface area contributed by atoms with Gasteiger partial charge in [0.15, 0.2) is 0 Å². The summed E-state index contributed by atoms with van der Waals surface area (Å²) in [6.45, 7) is 2.97. The molecule has 24 heavy (non-hydrogen) atoms. The number of methoxy groups -OCH3 is 1. The lowest BCUT2D eigenvalue weighted by atomic mass is 10.0. The zero-order chi connectivity index (χ0) is 17.9. The molecule has 0 aliphatic carbocycles. The fourth-order valence-electron chi connectivity index (χ4n) is 2.15. The third kappa shape index (κ3) is 3.22. The SMILES string of the molecule is COc1ccc(C(=O)N(C)C(C)(C)C(=O)O)cc1-c1ccccn1. The Bertz CT molecular complexity index is 757. The van der Waals surface area contributed by atoms with Gasteiger partial charge in [0.2, 0.25) is 0 Å². The highest BCUT2D eigenvalue weighted by Gasteiger charge is 2.35. The fraction of sp³-hybridized carbons (Fsp3) is 0.278. The van der Waals surface area contributed by atoms with Crippen molar-refractivity contribution in [2.75, 3.05) is 14.2 Å². The van der Waals surface area contributed by atoms with Crippen molar-refractivity contribution in [1.29, 1.82) is 0 Å². The van der Waals surface area contributed by atoms with E-state index in [1.807, 2.05) is 12.1 Å². The number of nitrogens with zero attached hydrogens (tertiary/aromatic N) is 2. The number of amides is 1. The van der Waals surface area contributed by atoms with Crippen molar-refractivity contribution >= 4 is 11.9 Å². The molecule has 0 saturated carbocycles. The number of hydrogen-bond donors (Lipinski definition) is 1. The lowest BCUT2D eigenvalue weighted by molar-refractivity contribution is -0.147. The number of carboxylic acids is 1. The molecule has 0 aliphatic rings. The first kappa shape index (κ1) is 17.5. The van der Waals surface area contributed by atoms with Crippen molar-refractivity contribution < 1.29 is 19.4 Å². The lowest BCUT2D eigenvalue weighted by Gasteiger charge is -2.31. The van der Waals surface area contributed by atoms with Gasteiger partial charge in [0.05, 0.1) is 12.8 Å². The molecule has 0 unspecified atom stereocenters. The van der Waals surface area contributed by atoms with E-state index < -0.39 is 11.5 Å². The van der Waals surface area contributed by atoms with Crippen molar-refractivity contribution in [2.45, 2.75) is 19.4 Å². The first-order valence-corrected chi connectivity index (χ1v) is 7.40. The summed E-state index contributed by atoms with van der Waals surface area (Å²) in [4.78, 5) is 29.5. The first-order chi connectivity index (χ1) is 11.3. The topological polar surface area (TPSA) is 79.7 Å². The van der Waals surface area contributed by atoms with Crippen LogP contribution in [0, 0.1) is 0 Å². The van der Waals surface area contributed by atoms with Gasteiger partial charge in [0.1, 0.15) is 11.3 Å². The predicted molar refractivity (Wildman–Crippen MR) is 90.0 cm³/mol. The standard InChI is InChI=1S/C18H20N2O4/c1-18(2,17(22)23)20(3)16(21)12-8-9-15(24-4)13(11-12)14-7-5-6-10-19-14/h5-11H,1-4H3,(H,22,23). The number of benzene rings is 1. The van der Waals surface area contributed by atoms with Crippen LogP contribution in [0.1, 0.15) is 24.2 Å². The molecule has 1 N–H and O–H groups in total. The number of rotatable bonds is 5. The van der Waals surface area contributed by atoms with E-state index in [-0.39, 0.29) is 5.91 Å². The highest BCUT2D eigenvalue weighted by Crippen LogP contribution is 2.30. The average molecular weight is 328 g/mol. The smallest absolute Gasteiger partial charge is 0.329 e. The molecule has 2 rings (SSSR count). The molecule has 6 heteroatoms. The van der Waals surface area contributed by atoms with Crippen molar-refractivity contribution in [1.82, 2.24) is 9.88 Å². The van der Waals surface area contributed by atoms with Crippen LogP contribution >= 0.6 is 0 Å². The van der Waals surface area contributed by atoms with Gasteiger partial charge in [0.25, 0.3) is 5.91 Å². The van der Waals surface area contributed by atoms with Gasteiger partial charge in [-0.25, -0.2) is 4.79 Å². The Labute approximate surface area is 140 Å². The Morgan fingerprint density at radius 2 is 1.92 bits per heavy atom. The van der Waals surface area contributed by atoms with Gasteiger partial charge in [-0.1, -0.05) is 6.07 Å². The van der Waals surface area contributed by atoms with Gasteiger partial charge >= 0.3 is 5.97 Å². The molecule has 0 radical (unpaired) electrons. The molecule has 0 fully saturated rings. The molecule has 1 aromatic carbocycles. The van der Waals surface area contributed by atoms with Crippen LogP contribution in [0.4, 0.5) is 0 Å². The maximum absolute atomic E-state index is 12.7.